The van der Waals surface area contributed by atoms with Crippen molar-refractivity contribution in [3.63, 3.8) is 0 Å². The molecule has 0 amide bonds. The third-order valence-corrected chi connectivity index (χ3v) is 8.56. The maximum absolute atomic E-state index is 6.72. The lowest BCUT2D eigenvalue weighted by Crippen LogP contribution is -2.28. The van der Waals surface area contributed by atoms with Gasteiger partial charge < -0.3 is 8.83 Å². The molecule has 0 radical (unpaired) electrons. The molecule has 2 nitrogen and oxygen atoms in total. The van der Waals surface area contributed by atoms with Crippen LogP contribution in [0.2, 0.25) is 0 Å². The molecule has 2 heteroatoms. The van der Waals surface area contributed by atoms with Gasteiger partial charge in [0.1, 0.15) is 22.3 Å². The van der Waals surface area contributed by atoms with Crippen molar-refractivity contribution in [1.29, 1.82) is 0 Å². The molecule has 0 atom stereocenters. The molecule has 0 spiro atoms. The van der Waals surface area contributed by atoms with E-state index in [0.717, 1.165) is 49.4 Å². The van der Waals surface area contributed by atoms with Crippen molar-refractivity contribution in [3.8, 4) is 11.1 Å². The summed E-state index contributed by atoms with van der Waals surface area (Å²) in [5, 5.41) is 4.54. The average Bonchev–Trinajstić information content (AvgIpc) is 3.66. The molecule has 39 heavy (non-hydrogen) atoms. The highest BCUT2D eigenvalue weighted by Crippen LogP contribution is 2.60. The van der Waals surface area contributed by atoms with Gasteiger partial charge >= 0.3 is 0 Å². The van der Waals surface area contributed by atoms with E-state index in [1.54, 1.807) is 0 Å². The van der Waals surface area contributed by atoms with Crippen molar-refractivity contribution in [2.24, 2.45) is 0 Å². The maximum Gasteiger partial charge on any atom is 0.143 e. The summed E-state index contributed by atoms with van der Waals surface area (Å²) in [6, 6.07) is 47.5. The number of benzene rings is 6. The Balaban J connectivity index is 1.57. The van der Waals surface area contributed by atoms with Crippen molar-refractivity contribution in [3.05, 3.63) is 156 Å². The predicted molar refractivity (Wildman–Crippen MR) is 158 cm³/mol. The van der Waals surface area contributed by atoms with Gasteiger partial charge in [0.05, 0.1) is 5.41 Å². The van der Waals surface area contributed by atoms with Crippen LogP contribution >= 0.6 is 0 Å². The lowest BCUT2D eigenvalue weighted by molar-refractivity contribution is 0.668. The molecule has 0 N–H and O–H groups in total. The van der Waals surface area contributed by atoms with Crippen LogP contribution in [0.5, 0.6) is 0 Å². The summed E-state index contributed by atoms with van der Waals surface area (Å²) in [6.45, 7) is 0. The van der Waals surface area contributed by atoms with Crippen molar-refractivity contribution in [2.45, 2.75) is 5.41 Å². The molecule has 0 saturated heterocycles. The number of rotatable bonds is 2. The van der Waals surface area contributed by atoms with Crippen LogP contribution in [0.4, 0.5) is 0 Å². The molecule has 6 aromatic carbocycles. The molecule has 0 bridgehead atoms. The quantitative estimate of drug-likeness (QED) is 0.237. The zero-order valence-electron chi connectivity index (χ0n) is 21.0. The highest BCUT2D eigenvalue weighted by Gasteiger charge is 2.48. The number of fused-ring (bicyclic) bond motifs is 11. The average molecular weight is 499 g/mol. The second-order valence-corrected chi connectivity index (χ2v) is 10.4. The molecular formula is C37H22O2. The van der Waals surface area contributed by atoms with E-state index in [4.69, 9.17) is 8.83 Å². The summed E-state index contributed by atoms with van der Waals surface area (Å²) in [5.41, 5.74) is 10.4. The molecule has 9 rings (SSSR count). The normalized spacial score (nSPS) is 13.8. The fraction of sp³-hybridized carbons (Fsp3) is 0.0270. The van der Waals surface area contributed by atoms with Crippen LogP contribution in [0.15, 0.2) is 142 Å². The zero-order valence-corrected chi connectivity index (χ0v) is 21.0. The first-order valence-electron chi connectivity index (χ1n) is 13.4. The van der Waals surface area contributed by atoms with Crippen LogP contribution in [0.25, 0.3) is 55.0 Å². The fourth-order valence-corrected chi connectivity index (χ4v) is 7.05. The van der Waals surface area contributed by atoms with Gasteiger partial charge in [-0.1, -0.05) is 115 Å². The molecule has 8 aromatic rings. The number of furan rings is 2. The largest absolute Gasteiger partial charge is 0.456 e. The van der Waals surface area contributed by atoms with Crippen molar-refractivity contribution >= 4 is 43.9 Å². The van der Waals surface area contributed by atoms with Crippen LogP contribution in [-0.4, -0.2) is 0 Å². The molecule has 2 aromatic heterocycles. The van der Waals surface area contributed by atoms with Gasteiger partial charge in [0, 0.05) is 32.7 Å². The minimum absolute atomic E-state index is 0.507. The topological polar surface area (TPSA) is 26.3 Å². The lowest BCUT2D eigenvalue weighted by Gasteiger charge is -2.33. The molecule has 0 fully saturated rings. The Morgan fingerprint density at radius 3 is 1.67 bits per heavy atom. The first-order chi connectivity index (χ1) is 19.4. The van der Waals surface area contributed by atoms with Crippen molar-refractivity contribution in [1.82, 2.24) is 0 Å². The molecule has 2 heterocycles. The summed E-state index contributed by atoms with van der Waals surface area (Å²) >= 11 is 0. The van der Waals surface area contributed by atoms with Gasteiger partial charge in [-0.3, -0.25) is 0 Å². The Morgan fingerprint density at radius 1 is 0.385 bits per heavy atom. The zero-order chi connectivity index (χ0) is 25.6. The molecule has 0 aliphatic heterocycles. The Kier molecular flexibility index (Phi) is 4.02. The monoisotopic (exact) mass is 498 g/mol. The van der Waals surface area contributed by atoms with E-state index in [1.807, 2.05) is 12.1 Å². The summed E-state index contributed by atoms with van der Waals surface area (Å²) in [4.78, 5) is 0. The van der Waals surface area contributed by atoms with Crippen molar-refractivity contribution in [2.75, 3.05) is 0 Å². The van der Waals surface area contributed by atoms with Gasteiger partial charge in [-0.25, -0.2) is 0 Å². The molecule has 1 aliphatic carbocycles. The summed E-state index contributed by atoms with van der Waals surface area (Å²) in [6.07, 6.45) is 0. The third-order valence-electron chi connectivity index (χ3n) is 8.56. The highest BCUT2D eigenvalue weighted by atomic mass is 16.3. The van der Waals surface area contributed by atoms with E-state index in [9.17, 15) is 0 Å². The van der Waals surface area contributed by atoms with Gasteiger partial charge in [-0.2, -0.15) is 0 Å². The van der Waals surface area contributed by atoms with E-state index in [-0.39, 0.29) is 0 Å². The van der Waals surface area contributed by atoms with Gasteiger partial charge in [0.15, 0.2) is 0 Å². The minimum Gasteiger partial charge on any atom is -0.456 e. The van der Waals surface area contributed by atoms with Gasteiger partial charge in [-0.05, 0) is 40.5 Å². The highest BCUT2D eigenvalue weighted by molar-refractivity contribution is 6.20. The van der Waals surface area contributed by atoms with Gasteiger partial charge in [0.25, 0.3) is 0 Å². The predicted octanol–water partition coefficient (Wildman–Crippen LogP) is 9.85. The second-order valence-electron chi connectivity index (χ2n) is 10.4. The lowest BCUT2D eigenvalue weighted by atomic mass is 9.67. The summed E-state index contributed by atoms with van der Waals surface area (Å²) in [7, 11) is 0. The standard InChI is InChI=1S/C37H22O2/c1-3-11-23(12-4-1)37(24-13-5-2-6-14-24)28-21-22-32-33(27-16-8-10-18-31(27)38-32)34(28)35-29(37)20-19-26-25-15-7-9-17-30(25)39-36(26)35/h1-22H. The van der Waals surface area contributed by atoms with E-state index in [1.165, 1.54) is 27.8 Å². The van der Waals surface area contributed by atoms with E-state index >= 15 is 0 Å². The number of hydrogen-bond donors (Lipinski definition) is 0. The fourth-order valence-electron chi connectivity index (χ4n) is 7.05. The molecule has 0 saturated carbocycles. The summed E-state index contributed by atoms with van der Waals surface area (Å²) < 4.78 is 13.1. The Hall–Kier alpha value is -5.08. The SMILES string of the molecule is c1ccc(C2(c3ccccc3)c3ccc4c(oc5ccccc54)c3-c3c2ccc2oc4ccccc4c32)cc1. The first kappa shape index (κ1) is 20.9. The van der Waals surface area contributed by atoms with Crippen LogP contribution in [0.3, 0.4) is 0 Å². The molecule has 1 aliphatic rings. The smallest absolute Gasteiger partial charge is 0.143 e. The van der Waals surface area contributed by atoms with Gasteiger partial charge in [-0.15, -0.1) is 0 Å². The van der Waals surface area contributed by atoms with Crippen LogP contribution in [-0.2, 0) is 5.41 Å². The first-order valence-corrected chi connectivity index (χ1v) is 13.4. The van der Waals surface area contributed by atoms with Crippen LogP contribution in [0, 0.1) is 0 Å². The van der Waals surface area contributed by atoms with E-state index in [2.05, 4.69) is 121 Å². The van der Waals surface area contributed by atoms with Crippen LogP contribution < -0.4 is 0 Å². The Bertz CT molecular complexity index is 2180. The third kappa shape index (κ3) is 2.56. The molecular weight excluding hydrogens is 476 g/mol. The number of hydrogen-bond acceptors (Lipinski definition) is 2. The molecule has 0 unspecified atom stereocenters. The van der Waals surface area contributed by atoms with Crippen LogP contribution in [0.1, 0.15) is 22.3 Å². The van der Waals surface area contributed by atoms with Gasteiger partial charge in [0.2, 0.25) is 0 Å². The second kappa shape index (κ2) is 7.49. The van der Waals surface area contributed by atoms with Crippen molar-refractivity contribution < 1.29 is 8.83 Å². The Morgan fingerprint density at radius 2 is 0.949 bits per heavy atom. The Labute approximate surface area is 224 Å². The molecule has 182 valence electrons. The summed E-state index contributed by atoms with van der Waals surface area (Å²) in [5.74, 6) is 0. The van der Waals surface area contributed by atoms with E-state index in [0.29, 0.717) is 0 Å². The maximum atomic E-state index is 6.72. The minimum atomic E-state index is -0.507. The number of para-hydroxylation sites is 2. The van der Waals surface area contributed by atoms with E-state index < -0.39 is 5.41 Å².